The molecule has 0 radical (unpaired) electrons. The number of aromatic nitrogens is 2. The summed E-state index contributed by atoms with van der Waals surface area (Å²) in [6, 6.07) is 23.3. The Morgan fingerprint density at radius 3 is 2.54 bits per heavy atom. The Kier molecular flexibility index (Phi) is 5.01. The highest BCUT2D eigenvalue weighted by molar-refractivity contribution is 5.84. The Bertz CT molecular complexity index is 1090. The number of hydrogen-bond acceptors (Lipinski definition) is 5. The molecular weight excluding hydrogens is 354 g/mol. The maximum atomic E-state index is 12.4. The normalized spacial score (nSPS) is 10.8. The van der Waals surface area contributed by atoms with Gasteiger partial charge in [-0.15, -0.1) is 10.2 Å². The second-order valence-electron chi connectivity index (χ2n) is 6.41. The Hall–Kier alpha value is -3.67. The third-order valence-corrected chi connectivity index (χ3v) is 4.37. The first-order chi connectivity index (χ1) is 13.7. The molecule has 0 atom stereocenters. The van der Waals surface area contributed by atoms with Crippen LogP contribution < -0.4 is 4.74 Å². The summed E-state index contributed by atoms with van der Waals surface area (Å²) in [7, 11) is 1.68. The first-order valence-electron chi connectivity index (χ1n) is 8.92. The van der Waals surface area contributed by atoms with Crippen molar-refractivity contribution in [3.05, 3.63) is 78.7 Å². The number of carbonyl (C=O) groups is 1. The second kappa shape index (κ2) is 7.92. The number of rotatable bonds is 6. The number of amides is 1. The molecule has 0 spiro atoms. The molecule has 0 fully saturated rings. The van der Waals surface area contributed by atoms with Crippen LogP contribution in [0.5, 0.6) is 5.75 Å². The molecule has 0 saturated heterocycles. The predicted molar refractivity (Wildman–Crippen MR) is 106 cm³/mol. The van der Waals surface area contributed by atoms with E-state index in [4.69, 9.17) is 9.15 Å². The van der Waals surface area contributed by atoms with Crippen molar-refractivity contribution in [2.24, 2.45) is 0 Å². The maximum absolute atomic E-state index is 12.4. The van der Waals surface area contributed by atoms with Gasteiger partial charge in [0.2, 0.25) is 11.8 Å². The van der Waals surface area contributed by atoms with Gasteiger partial charge in [-0.05, 0) is 35.0 Å². The Morgan fingerprint density at radius 2 is 1.71 bits per heavy atom. The van der Waals surface area contributed by atoms with Gasteiger partial charge in [0.25, 0.3) is 5.91 Å². The van der Waals surface area contributed by atoms with Crippen molar-refractivity contribution in [3.63, 3.8) is 0 Å². The van der Waals surface area contributed by atoms with Gasteiger partial charge in [-0.2, -0.15) is 0 Å². The minimum Gasteiger partial charge on any atom is -0.484 e. The van der Waals surface area contributed by atoms with Crippen molar-refractivity contribution < 1.29 is 13.9 Å². The van der Waals surface area contributed by atoms with E-state index < -0.39 is 0 Å². The van der Waals surface area contributed by atoms with E-state index in [1.54, 1.807) is 7.05 Å². The van der Waals surface area contributed by atoms with Crippen LogP contribution in [0.1, 0.15) is 5.89 Å². The van der Waals surface area contributed by atoms with Gasteiger partial charge >= 0.3 is 0 Å². The first kappa shape index (κ1) is 17.7. The highest BCUT2D eigenvalue weighted by Crippen LogP contribution is 2.21. The molecule has 140 valence electrons. The minimum atomic E-state index is -0.174. The second-order valence-corrected chi connectivity index (χ2v) is 6.41. The van der Waals surface area contributed by atoms with E-state index in [0.717, 1.165) is 16.3 Å². The minimum absolute atomic E-state index is 0.0610. The van der Waals surface area contributed by atoms with Crippen molar-refractivity contribution >= 4 is 16.7 Å². The van der Waals surface area contributed by atoms with Gasteiger partial charge in [-0.1, -0.05) is 48.5 Å². The summed E-state index contributed by atoms with van der Waals surface area (Å²) in [5.41, 5.74) is 0.842. The zero-order valence-electron chi connectivity index (χ0n) is 15.4. The number of nitrogens with zero attached hydrogens (tertiary/aromatic N) is 3. The summed E-state index contributed by atoms with van der Waals surface area (Å²) >= 11 is 0. The van der Waals surface area contributed by atoms with Crippen molar-refractivity contribution in [3.8, 4) is 17.2 Å². The molecule has 1 amide bonds. The van der Waals surface area contributed by atoms with E-state index in [-0.39, 0.29) is 19.1 Å². The average Bonchev–Trinajstić information content (AvgIpc) is 3.21. The van der Waals surface area contributed by atoms with Crippen molar-refractivity contribution in [1.82, 2.24) is 15.1 Å². The van der Waals surface area contributed by atoms with E-state index in [0.29, 0.717) is 17.5 Å². The van der Waals surface area contributed by atoms with Gasteiger partial charge in [-0.25, -0.2) is 0 Å². The van der Waals surface area contributed by atoms with Gasteiger partial charge < -0.3 is 14.1 Å². The number of hydrogen-bond donors (Lipinski definition) is 0. The van der Waals surface area contributed by atoms with E-state index in [1.165, 1.54) is 4.90 Å². The van der Waals surface area contributed by atoms with Crippen LogP contribution in [0, 0.1) is 0 Å². The molecule has 6 heteroatoms. The molecule has 0 unspecified atom stereocenters. The van der Waals surface area contributed by atoms with Crippen molar-refractivity contribution in [1.29, 1.82) is 0 Å². The number of ether oxygens (including phenoxy) is 1. The Labute approximate surface area is 162 Å². The first-order valence-corrected chi connectivity index (χ1v) is 8.92. The molecule has 6 nitrogen and oxygen atoms in total. The molecule has 0 aliphatic rings. The number of benzene rings is 3. The van der Waals surface area contributed by atoms with Crippen LogP contribution in [0.3, 0.4) is 0 Å². The molecule has 28 heavy (non-hydrogen) atoms. The monoisotopic (exact) mass is 373 g/mol. The zero-order valence-corrected chi connectivity index (χ0v) is 15.4. The largest absolute Gasteiger partial charge is 0.484 e. The third kappa shape index (κ3) is 4.01. The van der Waals surface area contributed by atoms with Crippen LogP contribution in [0.2, 0.25) is 0 Å². The Balaban J connectivity index is 1.35. The molecule has 3 aromatic carbocycles. The zero-order chi connectivity index (χ0) is 19.3. The molecule has 0 saturated carbocycles. The number of likely N-dealkylation sites (N-methyl/N-ethyl adjacent to an activating group) is 1. The standard InChI is InChI=1S/C22H19N3O3/c1-25(14-20-23-24-22(28-20)17-8-3-2-4-9-17)21(26)15-27-19-12-11-16-7-5-6-10-18(16)13-19/h2-13H,14-15H2,1H3. The van der Waals surface area contributed by atoms with E-state index in [1.807, 2.05) is 72.8 Å². The summed E-state index contributed by atoms with van der Waals surface area (Å²) in [6.07, 6.45) is 0. The fraction of sp³-hybridized carbons (Fsp3) is 0.136. The molecule has 0 bridgehead atoms. The Morgan fingerprint density at radius 1 is 0.964 bits per heavy atom. The summed E-state index contributed by atoms with van der Waals surface area (Å²) in [6.45, 7) is 0.161. The number of carbonyl (C=O) groups excluding carboxylic acids is 1. The summed E-state index contributed by atoms with van der Waals surface area (Å²) in [5.74, 6) is 1.29. The maximum Gasteiger partial charge on any atom is 0.260 e. The highest BCUT2D eigenvalue weighted by Gasteiger charge is 2.15. The van der Waals surface area contributed by atoms with Gasteiger partial charge in [0, 0.05) is 12.6 Å². The van der Waals surface area contributed by atoms with Crippen molar-refractivity contribution in [2.45, 2.75) is 6.54 Å². The molecule has 4 rings (SSSR count). The van der Waals surface area contributed by atoms with Gasteiger partial charge in [0.15, 0.2) is 6.61 Å². The molecule has 4 aromatic rings. The average molecular weight is 373 g/mol. The lowest BCUT2D eigenvalue weighted by Crippen LogP contribution is -2.31. The lowest BCUT2D eigenvalue weighted by Gasteiger charge is -2.15. The lowest BCUT2D eigenvalue weighted by molar-refractivity contribution is -0.132. The van der Waals surface area contributed by atoms with Crippen LogP contribution in [-0.2, 0) is 11.3 Å². The van der Waals surface area contributed by atoms with Crippen LogP contribution >= 0.6 is 0 Å². The summed E-state index contributed by atoms with van der Waals surface area (Å²) in [4.78, 5) is 13.9. The van der Waals surface area contributed by atoms with Gasteiger partial charge in [0.05, 0.1) is 6.54 Å². The molecule has 1 heterocycles. The molecule has 0 N–H and O–H groups in total. The fourth-order valence-electron chi connectivity index (χ4n) is 2.82. The topological polar surface area (TPSA) is 68.5 Å². The van der Waals surface area contributed by atoms with E-state index >= 15 is 0 Å². The SMILES string of the molecule is CN(Cc1nnc(-c2ccccc2)o1)C(=O)COc1ccc2ccccc2c1. The number of fused-ring (bicyclic) bond motifs is 1. The smallest absolute Gasteiger partial charge is 0.260 e. The summed E-state index contributed by atoms with van der Waals surface area (Å²) in [5, 5.41) is 10.2. The fourth-order valence-corrected chi connectivity index (χ4v) is 2.82. The van der Waals surface area contributed by atoms with Crippen LogP contribution in [0.15, 0.2) is 77.2 Å². The van der Waals surface area contributed by atoms with Gasteiger partial charge in [-0.3, -0.25) is 4.79 Å². The molecular formula is C22H19N3O3. The van der Waals surface area contributed by atoms with Crippen LogP contribution in [0.25, 0.3) is 22.2 Å². The predicted octanol–water partition coefficient (Wildman–Crippen LogP) is 3.93. The van der Waals surface area contributed by atoms with E-state index in [9.17, 15) is 4.79 Å². The molecule has 1 aromatic heterocycles. The van der Waals surface area contributed by atoms with Crippen molar-refractivity contribution in [2.75, 3.05) is 13.7 Å². The van der Waals surface area contributed by atoms with E-state index in [2.05, 4.69) is 10.2 Å². The highest BCUT2D eigenvalue weighted by atomic mass is 16.5. The lowest BCUT2D eigenvalue weighted by atomic mass is 10.1. The molecule has 0 aliphatic carbocycles. The summed E-state index contributed by atoms with van der Waals surface area (Å²) < 4.78 is 11.3. The van der Waals surface area contributed by atoms with Gasteiger partial charge in [0.1, 0.15) is 5.75 Å². The quantitative estimate of drug-likeness (QED) is 0.512. The third-order valence-electron chi connectivity index (χ3n) is 4.37. The van der Waals surface area contributed by atoms with Crippen LogP contribution in [0.4, 0.5) is 0 Å². The molecule has 0 aliphatic heterocycles. The van der Waals surface area contributed by atoms with Crippen LogP contribution in [-0.4, -0.2) is 34.7 Å².